The van der Waals surface area contributed by atoms with E-state index in [4.69, 9.17) is 18.9 Å². The first-order chi connectivity index (χ1) is 39.5. The molecule has 2 N–H and O–H groups in total. The summed E-state index contributed by atoms with van der Waals surface area (Å²) in [5.74, 6) is 2.78. The number of benzene rings is 4. The van der Waals surface area contributed by atoms with Gasteiger partial charge in [0.05, 0.1) is 26.4 Å². The summed E-state index contributed by atoms with van der Waals surface area (Å²) in [6, 6.07) is 12.1. The number of fused-ring (bicyclic) bond motifs is 6. The molecule has 0 spiro atoms. The summed E-state index contributed by atoms with van der Waals surface area (Å²) in [7, 11) is 0. The van der Waals surface area contributed by atoms with Crippen LogP contribution >= 0.6 is 0 Å². The minimum atomic E-state index is 0.134. The minimum Gasteiger partial charge on any atom is -0.504 e. The van der Waals surface area contributed by atoms with Crippen LogP contribution in [0.4, 0.5) is 0 Å². The fraction of sp³-hybridized carbons (Fsp3) is 0.757. The second kappa shape index (κ2) is 46.9. The van der Waals surface area contributed by atoms with E-state index in [1.807, 2.05) is 24.3 Å². The highest BCUT2D eigenvalue weighted by Gasteiger charge is 2.20. The molecule has 6 nitrogen and oxygen atoms in total. The predicted molar refractivity (Wildman–Crippen MR) is 349 cm³/mol. The van der Waals surface area contributed by atoms with Crippen molar-refractivity contribution in [2.75, 3.05) is 26.4 Å². The second-order valence-corrected chi connectivity index (χ2v) is 24.5. The quantitative estimate of drug-likeness (QED) is 0.0339. The van der Waals surface area contributed by atoms with E-state index in [1.54, 1.807) is 0 Å². The predicted octanol–water partition coefficient (Wildman–Crippen LogP) is 24.9. The molecule has 0 aromatic heterocycles. The highest BCUT2D eigenvalue weighted by Crippen LogP contribution is 2.47. The maximum absolute atomic E-state index is 11.7. The summed E-state index contributed by atoms with van der Waals surface area (Å²) in [5, 5.41) is 29.0. The monoisotopic (exact) mass is 1110 g/mol. The van der Waals surface area contributed by atoms with Crippen molar-refractivity contribution in [2.24, 2.45) is 0 Å². The summed E-state index contributed by atoms with van der Waals surface area (Å²) in [6.45, 7) is 11.6. The van der Waals surface area contributed by atoms with Crippen molar-refractivity contribution in [3.63, 3.8) is 0 Å². The van der Waals surface area contributed by atoms with Gasteiger partial charge in [0.2, 0.25) is 0 Å². The van der Waals surface area contributed by atoms with Crippen LogP contribution in [0, 0.1) is 0 Å². The normalized spacial score (nSPS) is 11.7. The molecule has 0 unspecified atom stereocenters. The molecule has 80 heavy (non-hydrogen) atoms. The van der Waals surface area contributed by atoms with Gasteiger partial charge >= 0.3 is 0 Å². The number of hydrogen-bond acceptors (Lipinski definition) is 6. The van der Waals surface area contributed by atoms with Gasteiger partial charge in [-0.1, -0.05) is 310 Å². The van der Waals surface area contributed by atoms with Crippen LogP contribution in [0.2, 0.25) is 0 Å². The topological polar surface area (TPSA) is 77.4 Å². The smallest absolute Gasteiger partial charge is 0.161 e. The molecule has 0 radical (unpaired) electrons. The van der Waals surface area contributed by atoms with E-state index in [-0.39, 0.29) is 11.5 Å². The third-order valence-electron chi connectivity index (χ3n) is 17.2. The Kier molecular flexibility index (Phi) is 40.4. The number of phenolic OH excluding ortho intramolecular Hbond substituents is 2. The lowest BCUT2D eigenvalue weighted by Crippen LogP contribution is -2.03. The van der Waals surface area contributed by atoms with E-state index >= 15 is 0 Å². The zero-order valence-electron chi connectivity index (χ0n) is 52.8. The standard InChI is InChI=1S/C74H124O6/c1-5-9-13-17-21-25-29-33-37-41-45-49-53-77-71-59-65-63-57-69(75)72(78-54-50-46-42-38-34-30-26-22-18-14-10-6-2)60-66(63)68-62-74(80-56-52-48-44-40-36-32-28-24-20-16-12-8-4)73(61-67(68)64(65)58-70(71)76)79-55-51-47-43-39-35-31-27-23-19-15-11-7-3/h57-62,75-76H,5-56H2,1-4H3. The van der Waals surface area contributed by atoms with Crippen LogP contribution < -0.4 is 18.9 Å². The van der Waals surface area contributed by atoms with Crippen molar-refractivity contribution in [1.82, 2.24) is 0 Å². The lowest BCUT2D eigenvalue weighted by atomic mass is 9.93. The van der Waals surface area contributed by atoms with Crippen LogP contribution in [0.5, 0.6) is 34.5 Å². The summed E-state index contributed by atoms with van der Waals surface area (Å²) in [4.78, 5) is 0. The van der Waals surface area contributed by atoms with Gasteiger partial charge in [-0.15, -0.1) is 0 Å². The maximum Gasteiger partial charge on any atom is 0.161 e. The second-order valence-electron chi connectivity index (χ2n) is 24.5. The van der Waals surface area contributed by atoms with Gasteiger partial charge in [0, 0.05) is 0 Å². The van der Waals surface area contributed by atoms with Crippen LogP contribution in [-0.2, 0) is 0 Å². The van der Waals surface area contributed by atoms with Gasteiger partial charge in [-0.3, -0.25) is 0 Å². The molecule has 0 bridgehead atoms. The zero-order valence-corrected chi connectivity index (χ0v) is 52.8. The highest BCUT2D eigenvalue weighted by molar-refractivity contribution is 6.26. The van der Waals surface area contributed by atoms with Crippen molar-refractivity contribution in [3.05, 3.63) is 36.4 Å². The largest absolute Gasteiger partial charge is 0.504 e. The first-order valence-corrected chi connectivity index (χ1v) is 35.0. The third-order valence-corrected chi connectivity index (χ3v) is 17.2. The Balaban J connectivity index is 1.50. The molecule has 0 fully saturated rings. The van der Waals surface area contributed by atoms with E-state index in [0.717, 1.165) is 95.2 Å². The van der Waals surface area contributed by atoms with Crippen LogP contribution in [0.15, 0.2) is 36.4 Å². The average molecular weight is 1110 g/mol. The SMILES string of the molecule is CCCCCCCCCCCCCCOc1cc2c(cc1O)c1cc(OCCCCCCCCCCCCCC)c(O)cc1c1cc(OCCCCCCCCCCCCCC)c(OCCCCCCCCCCCCCC)cc21. The Labute approximate surface area is 492 Å². The lowest BCUT2D eigenvalue weighted by Gasteiger charge is -2.19. The number of ether oxygens (including phenoxy) is 4. The third kappa shape index (κ3) is 29.6. The molecule has 0 aliphatic rings. The fourth-order valence-electron chi connectivity index (χ4n) is 12.0. The van der Waals surface area contributed by atoms with E-state index < -0.39 is 0 Å². The Hall–Kier alpha value is -3.54. The molecule has 0 saturated heterocycles. The van der Waals surface area contributed by atoms with Crippen molar-refractivity contribution < 1.29 is 29.2 Å². The van der Waals surface area contributed by atoms with E-state index in [0.29, 0.717) is 37.9 Å². The van der Waals surface area contributed by atoms with E-state index in [2.05, 4.69) is 39.8 Å². The van der Waals surface area contributed by atoms with Gasteiger partial charge in [0.15, 0.2) is 34.5 Å². The maximum atomic E-state index is 11.7. The fourth-order valence-corrected chi connectivity index (χ4v) is 12.0. The molecule has 6 heteroatoms. The summed E-state index contributed by atoms with van der Waals surface area (Å²) in [6.07, 6.45) is 62.2. The molecule has 0 aliphatic carbocycles. The van der Waals surface area contributed by atoms with Gasteiger partial charge in [-0.25, -0.2) is 0 Å². The number of phenols is 2. The lowest BCUT2D eigenvalue weighted by molar-refractivity contribution is 0.259. The molecule has 0 heterocycles. The van der Waals surface area contributed by atoms with Crippen molar-refractivity contribution in [1.29, 1.82) is 0 Å². The molecule has 4 aromatic rings. The highest BCUT2D eigenvalue weighted by atomic mass is 16.5. The number of hydrogen-bond donors (Lipinski definition) is 2. The van der Waals surface area contributed by atoms with Crippen LogP contribution in [-0.4, -0.2) is 36.6 Å². The van der Waals surface area contributed by atoms with Crippen molar-refractivity contribution in [2.45, 2.75) is 336 Å². The van der Waals surface area contributed by atoms with E-state index in [9.17, 15) is 10.2 Å². The zero-order chi connectivity index (χ0) is 56.8. The summed E-state index contributed by atoms with van der Waals surface area (Å²) < 4.78 is 26.3. The molecule has 0 amide bonds. The minimum absolute atomic E-state index is 0.134. The number of rotatable bonds is 56. The van der Waals surface area contributed by atoms with Gasteiger partial charge < -0.3 is 29.2 Å². The molecular formula is C74H124O6. The Morgan fingerprint density at radius 3 is 0.550 bits per heavy atom. The average Bonchev–Trinajstić information content (AvgIpc) is 3.66. The number of aromatic hydroxyl groups is 2. The molecule has 0 atom stereocenters. The van der Waals surface area contributed by atoms with Gasteiger partial charge in [0.1, 0.15) is 0 Å². The first kappa shape index (κ1) is 69.0. The summed E-state index contributed by atoms with van der Waals surface area (Å²) >= 11 is 0. The van der Waals surface area contributed by atoms with Gasteiger partial charge in [-0.2, -0.15) is 0 Å². The van der Waals surface area contributed by atoms with E-state index in [1.165, 1.54) is 257 Å². The Morgan fingerprint density at radius 1 is 0.200 bits per heavy atom. The Morgan fingerprint density at radius 2 is 0.350 bits per heavy atom. The molecule has 0 saturated carbocycles. The van der Waals surface area contributed by atoms with Gasteiger partial charge in [0.25, 0.3) is 0 Å². The first-order valence-electron chi connectivity index (χ1n) is 35.0. The van der Waals surface area contributed by atoms with Gasteiger partial charge in [-0.05, 0) is 94.4 Å². The van der Waals surface area contributed by atoms with Crippen LogP contribution in [0.3, 0.4) is 0 Å². The Bertz CT molecular complexity index is 2070. The van der Waals surface area contributed by atoms with Crippen LogP contribution in [0.25, 0.3) is 32.3 Å². The molecule has 456 valence electrons. The summed E-state index contributed by atoms with van der Waals surface area (Å²) in [5.41, 5.74) is 0. The molecular weight excluding hydrogens is 985 g/mol. The number of unbranched alkanes of at least 4 members (excludes halogenated alkanes) is 44. The molecule has 4 rings (SSSR count). The molecule has 0 aliphatic heterocycles. The molecule has 4 aromatic carbocycles. The van der Waals surface area contributed by atoms with Crippen molar-refractivity contribution >= 4 is 32.3 Å². The van der Waals surface area contributed by atoms with Crippen molar-refractivity contribution in [3.8, 4) is 34.5 Å². The van der Waals surface area contributed by atoms with Crippen LogP contribution in [0.1, 0.15) is 336 Å².